The van der Waals surface area contributed by atoms with E-state index in [1.54, 1.807) is 0 Å². The zero-order valence-electron chi connectivity index (χ0n) is 29.6. The lowest BCUT2D eigenvalue weighted by Gasteiger charge is -2.30. The Morgan fingerprint density at radius 2 is 0.738 bits per heavy atom. The van der Waals surface area contributed by atoms with Crippen molar-refractivity contribution >= 4 is 0 Å². The minimum Gasteiger partial charge on any atom is -0.306 e. The Morgan fingerprint density at radius 3 is 1.12 bits per heavy atom. The average Bonchev–Trinajstić information content (AvgIpc) is 2.98. The Hall–Kier alpha value is -1.08. The predicted molar refractivity (Wildman–Crippen MR) is 195 cm³/mol. The zero-order chi connectivity index (χ0) is 30.8. The fourth-order valence-electron chi connectivity index (χ4n) is 6.04. The fraction of sp³-hybridized carbons (Fsp3) is 0.805. The van der Waals surface area contributed by atoms with Gasteiger partial charge in [0, 0.05) is 6.04 Å². The van der Waals surface area contributed by atoms with Gasteiger partial charge in [0.2, 0.25) is 0 Å². The van der Waals surface area contributed by atoms with Crippen LogP contribution in [0.15, 0.2) is 48.6 Å². The molecule has 0 aliphatic carbocycles. The van der Waals surface area contributed by atoms with Crippen molar-refractivity contribution in [1.82, 2.24) is 4.90 Å². The van der Waals surface area contributed by atoms with Crippen LogP contribution in [0.2, 0.25) is 0 Å². The summed E-state index contributed by atoms with van der Waals surface area (Å²) in [6, 6.07) is 0.758. The highest BCUT2D eigenvalue weighted by Crippen LogP contribution is 2.22. The summed E-state index contributed by atoms with van der Waals surface area (Å²) in [6.45, 7) is 7.05. The lowest BCUT2D eigenvalue weighted by atomic mass is 9.90. The van der Waals surface area contributed by atoms with E-state index < -0.39 is 0 Å². The molecule has 2 atom stereocenters. The van der Waals surface area contributed by atoms with Crippen molar-refractivity contribution < 1.29 is 0 Å². The first-order valence-corrected chi connectivity index (χ1v) is 18.9. The molecule has 0 aromatic rings. The monoisotopic (exact) mass is 584 g/mol. The van der Waals surface area contributed by atoms with Crippen LogP contribution in [0.5, 0.6) is 0 Å². The summed E-state index contributed by atoms with van der Waals surface area (Å²) in [6.07, 6.45) is 53.9. The third kappa shape index (κ3) is 30.4. The summed E-state index contributed by atoms with van der Waals surface area (Å²) in [5.41, 5.74) is 0. The summed E-state index contributed by atoms with van der Waals surface area (Å²) in [4.78, 5) is 2.51. The van der Waals surface area contributed by atoms with E-state index in [0.29, 0.717) is 0 Å². The molecule has 0 fully saturated rings. The molecular formula is C41H77N. The third-order valence-electron chi connectivity index (χ3n) is 8.88. The number of hydrogen-bond acceptors (Lipinski definition) is 1. The second-order valence-electron chi connectivity index (χ2n) is 13.3. The maximum Gasteiger partial charge on any atom is 0.0115 e. The van der Waals surface area contributed by atoms with E-state index >= 15 is 0 Å². The summed E-state index contributed by atoms with van der Waals surface area (Å²) in [7, 11) is 4.60. The van der Waals surface area contributed by atoms with Gasteiger partial charge in [-0.25, -0.2) is 0 Å². The topological polar surface area (TPSA) is 3.24 Å². The van der Waals surface area contributed by atoms with Gasteiger partial charge in [0.05, 0.1) is 0 Å². The van der Waals surface area contributed by atoms with Gasteiger partial charge in [-0.1, -0.05) is 159 Å². The van der Waals surface area contributed by atoms with Gasteiger partial charge in [0.15, 0.2) is 0 Å². The second kappa shape index (κ2) is 34.4. The maximum atomic E-state index is 2.51. The van der Waals surface area contributed by atoms with Crippen molar-refractivity contribution in [2.45, 2.75) is 194 Å². The first kappa shape index (κ1) is 40.9. The molecule has 0 aromatic heterocycles. The molecular weight excluding hydrogens is 506 g/mol. The number of allylic oxidation sites excluding steroid dienone is 8. The second-order valence-corrected chi connectivity index (χ2v) is 13.3. The van der Waals surface area contributed by atoms with Gasteiger partial charge in [0.25, 0.3) is 0 Å². The van der Waals surface area contributed by atoms with Crippen molar-refractivity contribution in [2.75, 3.05) is 14.1 Å². The van der Waals surface area contributed by atoms with E-state index in [0.717, 1.165) is 24.8 Å². The fourth-order valence-corrected chi connectivity index (χ4v) is 6.04. The van der Waals surface area contributed by atoms with Crippen LogP contribution < -0.4 is 0 Å². The highest BCUT2D eigenvalue weighted by Gasteiger charge is 2.18. The zero-order valence-corrected chi connectivity index (χ0v) is 29.6. The maximum absolute atomic E-state index is 2.51. The highest BCUT2D eigenvalue weighted by molar-refractivity contribution is 4.93. The Bertz CT molecular complexity index is 625. The Morgan fingerprint density at radius 1 is 0.405 bits per heavy atom. The van der Waals surface area contributed by atoms with Crippen molar-refractivity contribution in [3.63, 3.8) is 0 Å². The lowest BCUT2D eigenvalue weighted by Crippen LogP contribution is -2.34. The van der Waals surface area contributed by atoms with Crippen LogP contribution in [0.3, 0.4) is 0 Å². The van der Waals surface area contributed by atoms with Gasteiger partial charge in [-0.3, -0.25) is 0 Å². The Labute approximate surface area is 266 Å². The molecule has 0 aliphatic rings. The van der Waals surface area contributed by atoms with Crippen LogP contribution in [0.25, 0.3) is 0 Å². The van der Waals surface area contributed by atoms with E-state index in [9.17, 15) is 0 Å². The molecule has 0 bridgehead atoms. The molecule has 0 radical (unpaired) electrons. The largest absolute Gasteiger partial charge is 0.306 e. The predicted octanol–water partition coefficient (Wildman–Crippen LogP) is 14.0. The minimum atomic E-state index is 0.758. The van der Waals surface area contributed by atoms with Crippen molar-refractivity contribution in [1.29, 1.82) is 0 Å². The molecule has 0 saturated carbocycles. The molecule has 0 aliphatic heterocycles. The normalized spacial score (nSPS) is 14.0. The van der Waals surface area contributed by atoms with Gasteiger partial charge in [0.1, 0.15) is 0 Å². The van der Waals surface area contributed by atoms with Gasteiger partial charge in [-0.15, -0.1) is 0 Å². The van der Waals surface area contributed by atoms with Gasteiger partial charge < -0.3 is 4.90 Å². The number of unbranched alkanes of at least 4 members (excludes halogenated alkanes) is 18. The molecule has 0 heterocycles. The molecule has 2 unspecified atom stereocenters. The van der Waals surface area contributed by atoms with Crippen LogP contribution in [-0.2, 0) is 0 Å². The first-order valence-electron chi connectivity index (χ1n) is 18.9. The Balaban J connectivity index is 3.65. The number of nitrogens with zero attached hydrogens (tertiary/aromatic N) is 1. The van der Waals surface area contributed by atoms with Crippen LogP contribution in [-0.4, -0.2) is 25.0 Å². The quantitative estimate of drug-likeness (QED) is 0.0562. The van der Waals surface area contributed by atoms with Crippen LogP contribution in [0.4, 0.5) is 0 Å². The molecule has 0 amide bonds. The van der Waals surface area contributed by atoms with Crippen molar-refractivity contribution in [3.8, 4) is 0 Å². The van der Waals surface area contributed by atoms with Crippen molar-refractivity contribution in [2.24, 2.45) is 5.92 Å². The molecule has 0 N–H and O–H groups in total. The standard InChI is InChI=1S/C41H77N/c1-6-8-10-12-14-16-18-20-22-24-26-28-30-32-34-36-38-40(3)41(42(4)5)39-37-35-33-31-29-27-25-23-21-19-17-15-13-11-9-7-2/h14-17,20-23,40-41H,6-13,18-19,24-39H2,1-5H3/b16-14-,17-15-,22-20-,23-21-. The number of hydrogen-bond donors (Lipinski definition) is 0. The molecule has 246 valence electrons. The van der Waals surface area contributed by atoms with Crippen molar-refractivity contribution in [3.05, 3.63) is 48.6 Å². The van der Waals surface area contributed by atoms with E-state index in [4.69, 9.17) is 0 Å². The first-order chi connectivity index (χ1) is 20.6. The SMILES string of the molecule is CCCCC/C=C\C/C=C\CCCCCCCCC(C)C(CCCCCCCC/C=C\C/C=C\CCCCC)N(C)C. The van der Waals surface area contributed by atoms with E-state index in [1.165, 1.54) is 154 Å². The highest BCUT2D eigenvalue weighted by atomic mass is 15.1. The van der Waals surface area contributed by atoms with Gasteiger partial charge in [-0.05, 0) is 97.1 Å². The molecule has 0 rings (SSSR count). The minimum absolute atomic E-state index is 0.758. The van der Waals surface area contributed by atoms with Crippen LogP contribution >= 0.6 is 0 Å². The summed E-state index contributed by atoms with van der Waals surface area (Å²) in [5, 5.41) is 0. The van der Waals surface area contributed by atoms with Gasteiger partial charge >= 0.3 is 0 Å². The summed E-state index contributed by atoms with van der Waals surface area (Å²) in [5.74, 6) is 0.823. The van der Waals surface area contributed by atoms with Gasteiger partial charge in [-0.2, -0.15) is 0 Å². The summed E-state index contributed by atoms with van der Waals surface area (Å²) >= 11 is 0. The van der Waals surface area contributed by atoms with Crippen LogP contribution in [0.1, 0.15) is 188 Å². The smallest absolute Gasteiger partial charge is 0.0115 e. The number of rotatable bonds is 32. The van der Waals surface area contributed by atoms with E-state index in [-0.39, 0.29) is 0 Å². The van der Waals surface area contributed by atoms with E-state index in [2.05, 4.69) is 88.4 Å². The molecule has 1 nitrogen and oxygen atoms in total. The molecule has 0 spiro atoms. The van der Waals surface area contributed by atoms with E-state index in [1.807, 2.05) is 0 Å². The lowest BCUT2D eigenvalue weighted by molar-refractivity contribution is 0.192. The summed E-state index contributed by atoms with van der Waals surface area (Å²) < 4.78 is 0. The Kier molecular flexibility index (Phi) is 33.5. The molecule has 1 heteroatoms. The molecule has 0 aromatic carbocycles. The molecule has 42 heavy (non-hydrogen) atoms. The average molecular weight is 584 g/mol. The van der Waals surface area contributed by atoms with Crippen LogP contribution in [0, 0.1) is 5.92 Å². The molecule has 0 saturated heterocycles. The third-order valence-corrected chi connectivity index (χ3v) is 8.88.